The molecular formula is C17H21N3O2. The van der Waals surface area contributed by atoms with Crippen LogP contribution in [0.25, 0.3) is 0 Å². The van der Waals surface area contributed by atoms with Gasteiger partial charge in [0.1, 0.15) is 0 Å². The fourth-order valence-corrected chi connectivity index (χ4v) is 2.13. The number of aliphatic hydroxyl groups excluding tert-OH is 1. The molecule has 4 N–H and O–H groups in total. The maximum Gasteiger partial charge on any atom is 0.217 e. The fraction of sp³-hybridized carbons (Fsp3) is 0.294. The predicted molar refractivity (Wildman–Crippen MR) is 85.9 cm³/mol. The SMILES string of the molecule is CC(=O)NCc1cccc(C(O)CCc2ccc(N)cc2)n1. The average molecular weight is 299 g/mol. The summed E-state index contributed by atoms with van der Waals surface area (Å²) in [6.07, 6.45) is 0.703. The van der Waals surface area contributed by atoms with E-state index in [9.17, 15) is 9.90 Å². The van der Waals surface area contributed by atoms with Gasteiger partial charge in [-0.25, -0.2) is 0 Å². The van der Waals surface area contributed by atoms with Crippen molar-refractivity contribution in [3.05, 3.63) is 59.4 Å². The van der Waals surface area contributed by atoms with Crippen LogP contribution in [0.5, 0.6) is 0 Å². The lowest BCUT2D eigenvalue weighted by atomic mass is 10.0. The van der Waals surface area contributed by atoms with Crippen molar-refractivity contribution in [1.29, 1.82) is 0 Å². The van der Waals surface area contributed by atoms with Gasteiger partial charge in [0.2, 0.25) is 5.91 Å². The Morgan fingerprint density at radius 3 is 2.68 bits per heavy atom. The molecule has 0 aliphatic carbocycles. The van der Waals surface area contributed by atoms with Crippen LogP contribution in [0, 0.1) is 0 Å². The summed E-state index contributed by atoms with van der Waals surface area (Å²) in [7, 11) is 0. The number of nitrogen functional groups attached to an aromatic ring is 1. The molecule has 2 rings (SSSR count). The molecule has 1 aromatic heterocycles. The average Bonchev–Trinajstić information content (AvgIpc) is 2.52. The van der Waals surface area contributed by atoms with E-state index in [1.807, 2.05) is 36.4 Å². The molecule has 0 bridgehead atoms. The normalized spacial score (nSPS) is 11.9. The first kappa shape index (κ1) is 16.0. The Balaban J connectivity index is 1.94. The number of aromatic nitrogens is 1. The summed E-state index contributed by atoms with van der Waals surface area (Å²) in [6, 6.07) is 13.1. The van der Waals surface area contributed by atoms with Gasteiger partial charge in [-0.05, 0) is 42.7 Å². The van der Waals surface area contributed by atoms with Gasteiger partial charge in [-0.3, -0.25) is 9.78 Å². The van der Waals surface area contributed by atoms with Crippen molar-refractivity contribution in [2.24, 2.45) is 0 Å². The number of anilines is 1. The number of carbonyl (C=O) groups is 1. The Kier molecular flexibility index (Phi) is 5.49. The first-order valence-electron chi connectivity index (χ1n) is 7.27. The zero-order chi connectivity index (χ0) is 15.9. The molecule has 22 heavy (non-hydrogen) atoms. The second-order valence-electron chi connectivity index (χ2n) is 5.26. The molecule has 1 unspecified atom stereocenters. The van der Waals surface area contributed by atoms with Crippen molar-refractivity contribution in [3.63, 3.8) is 0 Å². The molecule has 1 aromatic carbocycles. The van der Waals surface area contributed by atoms with Gasteiger partial charge in [-0.1, -0.05) is 18.2 Å². The second kappa shape index (κ2) is 7.56. The van der Waals surface area contributed by atoms with Gasteiger partial charge in [0.25, 0.3) is 0 Å². The van der Waals surface area contributed by atoms with Gasteiger partial charge < -0.3 is 16.2 Å². The largest absolute Gasteiger partial charge is 0.399 e. The first-order valence-corrected chi connectivity index (χ1v) is 7.27. The predicted octanol–water partition coefficient (Wildman–Crippen LogP) is 1.97. The van der Waals surface area contributed by atoms with E-state index in [0.717, 1.165) is 23.4 Å². The van der Waals surface area contributed by atoms with Gasteiger partial charge in [0.15, 0.2) is 0 Å². The molecule has 5 nitrogen and oxygen atoms in total. The molecule has 5 heteroatoms. The van der Waals surface area contributed by atoms with Crippen molar-refractivity contribution in [3.8, 4) is 0 Å². The summed E-state index contributed by atoms with van der Waals surface area (Å²) in [5.74, 6) is -0.101. The molecule has 1 amide bonds. The molecule has 0 radical (unpaired) electrons. The highest BCUT2D eigenvalue weighted by Gasteiger charge is 2.10. The van der Waals surface area contributed by atoms with E-state index in [-0.39, 0.29) is 5.91 Å². The number of rotatable bonds is 6. The topological polar surface area (TPSA) is 88.2 Å². The molecule has 0 aliphatic heterocycles. The number of nitrogens with one attached hydrogen (secondary N) is 1. The molecule has 0 fully saturated rings. The van der Waals surface area contributed by atoms with Crippen LogP contribution >= 0.6 is 0 Å². The smallest absolute Gasteiger partial charge is 0.217 e. The summed E-state index contributed by atoms with van der Waals surface area (Å²) in [6.45, 7) is 1.83. The Labute approximate surface area is 130 Å². The van der Waals surface area contributed by atoms with Gasteiger partial charge in [0.05, 0.1) is 24.0 Å². The number of nitrogens with two attached hydrogens (primary N) is 1. The molecule has 0 saturated heterocycles. The van der Waals surface area contributed by atoms with Crippen molar-refractivity contribution in [2.75, 3.05) is 5.73 Å². The summed E-state index contributed by atoms with van der Waals surface area (Å²) in [4.78, 5) is 15.3. The molecule has 0 saturated carbocycles. The highest BCUT2D eigenvalue weighted by Crippen LogP contribution is 2.18. The van der Waals surface area contributed by atoms with Crippen LogP contribution in [0.1, 0.15) is 36.4 Å². The zero-order valence-electron chi connectivity index (χ0n) is 12.6. The van der Waals surface area contributed by atoms with Crippen molar-refractivity contribution in [2.45, 2.75) is 32.4 Å². The van der Waals surface area contributed by atoms with Gasteiger partial charge in [-0.2, -0.15) is 0 Å². The summed E-state index contributed by atoms with van der Waals surface area (Å²) in [5.41, 5.74) is 8.87. The quantitative estimate of drug-likeness (QED) is 0.712. The minimum absolute atomic E-state index is 0.101. The van der Waals surface area contributed by atoms with Gasteiger partial charge >= 0.3 is 0 Å². The third-order valence-electron chi connectivity index (χ3n) is 3.37. The van der Waals surface area contributed by atoms with E-state index in [1.165, 1.54) is 6.92 Å². The van der Waals surface area contributed by atoms with Crippen LogP contribution in [0.4, 0.5) is 5.69 Å². The number of pyridine rings is 1. The summed E-state index contributed by atoms with van der Waals surface area (Å²) < 4.78 is 0. The highest BCUT2D eigenvalue weighted by atomic mass is 16.3. The van der Waals surface area contributed by atoms with E-state index >= 15 is 0 Å². The highest BCUT2D eigenvalue weighted by molar-refractivity contribution is 5.72. The maximum absolute atomic E-state index is 10.9. The number of nitrogens with zero attached hydrogens (tertiary/aromatic N) is 1. The molecule has 1 heterocycles. The maximum atomic E-state index is 10.9. The second-order valence-corrected chi connectivity index (χ2v) is 5.26. The van der Waals surface area contributed by atoms with Crippen LogP contribution in [0.15, 0.2) is 42.5 Å². The van der Waals surface area contributed by atoms with E-state index in [0.29, 0.717) is 18.7 Å². The lowest BCUT2D eigenvalue weighted by molar-refractivity contribution is -0.119. The first-order chi connectivity index (χ1) is 10.5. The van der Waals surface area contributed by atoms with Crippen molar-refractivity contribution in [1.82, 2.24) is 10.3 Å². The number of hydrogen-bond donors (Lipinski definition) is 3. The van der Waals surface area contributed by atoms with Crippen LogP contribution in [-0.2, 0) is 17.8 Å². The molecule has 1 atom stereocenters. The number of amides is 1. The summed E-state index contributed by atoms with van der Waals surface area (Å²) >= 11 is 0. The van der Waals surface area contributed by atoms with E-state index in [4.69, 9.17) is 5.73 Å². The zero-order valence-corrected chi connectivity index (χ0v) is 12.6. The number of aliphatic hydroxyl groups is 1. The summed E-state index contributed by atoms with van der Waals surface area (Å²) in [5, 5.41) is 13.0. The lowest BCUT2D eigenvalue weighted by Gasteiger charge is -2.12. The Bertz CT molecular complexity index is 626. The molecular weight excluding hydrogens is 278 g/mol. The van der Waals surface area contributed by atoms with E-state index in [2.05, 4.69) is 10.3 Å². The Morgan fingerprint density at radius 1 is 1.27 bits per heavy atom. The number of carbonyl (C=O) groups excluding carboxylic acids is 1. The minimum atomic E-state index is -0.630. The van der Waals surface area contributed by atoms with Crippen LogP contribution in [-0.4, -0.2) is 16.0 Å². The lowest BCUT2D eigenvalue weighted by Crippen LogP contribution is -2.20. The standard InChI is InChI=1S/C17H21N3O2/c1-12(21)19-11-15-3-2-4-16(20-15)17(22)10-7-13-5-8-14(18)9-6-13/h2-6,8-9,17,22H,7,10-11,18H2,1H3,(H,19,21). The molecule has 0 spiro atoms. The molecule has 0 aliphatic rings. The van der Waals surface area contributed by atoms with Crippen LogP contribution < -0.4 is 11.1 Å². The van der Waals surface area contributed by atoms with E-state index < -0.39 is 6.10 Å². The Morgan fingerprint density at radius 2 is 2.00 bits per heavy atom. The van der Waals surface area contributed by atoms with Crippen molar-refractivity contribution < 1.29 is 9.90 Å². The third kappa shape index (κ3) is 4.86. The van der Waals surface area contributed by atoms with Crippen LogP contribution in [0.2, 0.25) is 0 Å². The monoisotopic (exact) mass is 299 g/mol. The van der Waals surface area contributed by atoms with Crippen molar-refractivity contribution >= 4 is 11.6 Å². The van der Waals surface area contributed by atoms with E-state index in [1.54, 1.807) is 6.07 Å². The van der Waals surface area contributed by atoms with Crippen LogP contribution in [0.3, 0.4) is 0 Å². The van der Waals surface area contributed by atoms with Gasteiger partial charge in [-0.15, -0.1) is 0 Å². The van der Waals surface area contributed by atoms with Gasteiger partial charge in [0, 0.05) is 12.6 Å². The number of hydrogen-bond acceptors (Lipinski definition) is 4. The minimum Gasteiger partial charge on any atom is -0.399 e. The third-order valence-corrected chi connectivity index (χ3v) is 3.37. The molecule has 2 aromatic rings. The number of aryl methyl sites for hydroxylation is 1. The fourth-order valence-electron chi connectivity index (χ4n) is 2.13. The number of benzene rings is 1. The Hall–Kier alpha value is -2.40. The molecule has 116 valence electrons.